The summed E-state index contributed by atoms with van der Waals surface area (Å²) in [6.07, 6.45) is 4.27. The second kappa shape index (κ2) is 11.7. The number of hydrogen-bond acceptors (Lipinski definition) is 5. The largest absolute Gasteiger partial charge is 0.507 e. The zero-order chi connectivity index (χ0) is 27.2. The summed E-state index contributed by atoms with van der Waals surface area (Å²) in [4.78, 5) is 0. The predicted molar refractivity (Wildman–Crippen MR) is 153 cm³/mol. The van der Waals surface area contributed by atoms with Crippen molar-refractivity contribution in [3.63, 3.8) is 0 Å². The molecule has 0 radical (unpaired) electrons. The highest BCUT2D eigenvalue weighted by Crippen LogP contribution is 2.41. The summed E-state index contributed by atoms with van der Waals surface area (Å²) in [7, 11) is 0. The Bertz CT molecular complexity index is 1430. The molecule has 1 unspecified atom stereocenters. The molecule has 1 atom stereocenters. The highest BCUT2D eigenvalue weighted by Gasteiger charge is 2.26. The van der Waals surface area contributed by atoms with E-state index in [1.54, 1.807) is 0 Å². The second-order valence-electron chi connectivity index (χ2n) is 10.4. The van der Waals surface area contributed by atoms with Gasteiger partial charge in [0.15, 0.2) is 0 Å². The number of aliphatic hydroxyl groups excluding tert-OH is 1. The maximum atomic E-state index is 11.1. The monoisotopic (exact) mass is 522 g/mol. The second-order valence-corrected chi connectivity index (χ2v) is 10.4. The first-order valence-corrected chi connectivity index (χ1v) is 13.2. The van der Waals surface area contributed by atoms with Crippen LogP contribution < -0.4 is 14.2 Å². The zero-order valence-electron chi connectivity index (χ0n) is 22.3. The van der Waals surface area contributed by atoms with Crippen molar-refractivity contribution in [2.75, 3.05) is 6.61 Å². The molecule has 0 fully saturated rings. The summed E-state index contributed by atoms with van der Waals surface area (Å²) < 4.78 is 18.4. The molecule has 4 aromatic rings. The van der Waals surface area contributed by atoms with Gasteiger partial charge in [0, 0.05) is 17.5 Å². The van der Waals surface area contributed by atoms with Crippen LogP contribution in [0.25, 0.3) is 6.08 Å². The van der Waals surface area contributed by atoms with Crippen LogP contribution in [0.15, 0.2) is 97.1 Å². The van der Waals surface area contributed by atoms with Gasteiger partial charge in [-0.15, -0.1) is 0 Å². The Labute approximate surface area is 229 Å². The fourth-order valence-electron chi connectivity index (χ4n) is 4.73. The fraction of sp³-hybridized carbons (Fsp3) is 0.235. The first-order chi connectivity index (χ1) is 18.9. The first-order valence-electron chi connectivity index (χ1n) is 13.2. The van der Waals surface area contributed by atoms with E-state index >= 15 is 0 Å². The van der Waals surface area contributed by atoms with Crippen LogP contribution in [0.3, 0.4) is 0 Å². The molecule has 5 nitrogen and oxygen atoms in total. The van der Waals surface area contributed by atoms with E-state index in [1.807, 2.05) is 117 Å². The number of hydrogen-bond donors (Lipinski definition) is 2. The normalized spacial score (nSPS) is 14.2. The Hall–Kier alpha value is -4.22. The van der Waals surface area contributed by atoms with Crippen LogP contribution in [0.2, 0.25) is 0 Å². The third-order valence-corrected chi connectivity index (χ3v) is 6.88. The predicted octanol–water partition coefficient (Wildman–Crippen LogP) is 7.05. The topological polar surface area (TPSA) is 68.2 Å². The molecule has 0 aromatic heterocycles. The number of aliphatic hydroxyl groups is 1. The smallest absolute Gasteiger partial charge is 0.131 e. The molecule has 39 heavy (non-hydrogen) atoms. The lowest BCUT2D eigenvalue weighted by Gasteiger charge is -2.29. The van der Waals surface area contributed by atoms with Crippen molar-refractivity contribution in [3.05, 3.63) is 125 Å². The maximum absolute atomic E-state index is 11.1. The standard InChI is InChI=1S/C34H34O5/c1-34(2)18-17-30-31(39-34)16-13-26(33(30)36)19-27(21-35)29-15-14-28(37-22-24-9-5-3-6-10-24)20-32(29)38-23-25-11-7-4-8-12-25/h3-18,20,27,35-36H,19,21-23H2,1-2H3. The van der Waals surface area contributed by atoms with Crippen LogP contribution in [0.1, 0.15) is 47.6 Å². The summed E-state index contributed by atoms with van der Waals surface area (Å²) >= 11 is 0. The molecule has 0 amide bonds. The molecule has 200 valence electrons. The number of benzene rings is 4. The fourth-order valence-corrected chi connectivity index (χ4v) is 4.73. The Kier molecular flexibility index (Phi) is 7.89. The van der Waals surface area contributed by atoms with E-state index < -0.39 is 5.60 Å². The molecule has 0 bridgehead atoms. The number of fused-ring (bicyclic) bond motifs is 1. The number of aromatic hydroxyl groups is 1. The number of phenols is 1. The molecule has 1 aliphatic heterocycles. The van der Waals surface area contributed by atoms with E-state index in [1.165, 1.54) is 0 Å². The molecule has 5 heteroatoms. The van der Waals surface area contributed by atoms with Crippen molar-refractivity contribution >= 4 is 6.08 Å². The van der Waals surface area contributed by atoms with E-state index in [0.29, 0.717) is 42.4 Å². The molecule has 0 saturated carbocycles. The number of rotatable bonds is 10. The van der Waals surface area contributed by atoms with Crippen LogP contribution in [0, 0.1) is 0 Å². The Morgan fingerprint density at radius 2 is 1.49 bits per heavy atom. The molecule has 5 rings (SSSR count). The van der Waals surface area contributed by atoms with Crippen molar-refractivity contribution < 1.29 is 24.4 Å². The quantitative estimate of drug-likeness (QED) is 0.234. The van der Waals surface area contributed by atoms with Crippen molar-refractivity contribution in [3.8, 4) is 23.0 Å². The number of phenolic OH excluding ortho intramolecular Hbond substituents is 1. The highest BCUT2D eigenvalue weighted by molar-refractivity contribution is 5.68. The van der Waals surface area contributed by atoms with E-state index in [2.05, 4.69) is 0 Å². The molecular weight excluding hydrogens is 488 g/mol. The molecule has 1 heterocycles. The Morgan fingerprint density at radius 3 is 2.15 bits per heavy atom. The lowest BCUT2D eigenvalue weighted by atomic mass is 9.89. The van der Waals surface area contributed by atoms with Gasteiger partial charge in [0.1, 0.15) is 41.8 Å². The molecular formula is C34H34O5. The van der Waals surface area contributed by atoms with Crippen molar-refractivity contribution in [2.45, 2.75) is 45.0 Å². The van der Waals surface area contributed by atoms with Crippen LogP contribution in [0.5, 0.6) is 23.0 Å². The lowest BCUT2D eigenvalue weighted by Crippen LogP contribution is -2.27. The minimum absolute atomic E-state index is 0.109. The van der Waals surface area contributed by atoms with Gasteiger partial charge in [-0.2, -0.15) is 0 Å². The van der Waals surface area contributed by atoms with Gasteiger partial charge in [-0.05, 0) is 61.2 Å². The maximum Gasteiger partial charge on any atom is 0.131 e. The van der Waals surface area contributed by atoms with Gasteiger partial charge in [0.25, 0.3) is 0 Å². The van der Waals surface area contributed by atoms with Gasteiger partial charge in [0.05, 0.1) is 12.2 Å². The summed E-state index contributed by atoms with van der Waals surface area (Å²) in [6.45, 7) is 4.67. The van der Waals surface area contributed by atoms with Gasteiger partial charge >= 0.3 is 0 Å². The molecule has 4 aromatic carbocycles. The summed E-state index contributed by atoms with van der Waals surface area (Å²) in [5.41, 5.74) is 3.94. The lowest BCUT2D eigenvalue weighted by molar-refractivity contribution is 0.158. The third kappa shape index (κ3) is 6.44. The van der Waals surface area contributed by atoms with Crippen LogP contribution in [-0.2, 0) is 19.6 Å². The average Bonchev–Trinajstić information content (AvgIpc) is 2.95. The minimum Gasteiger partial charge on any atom is -0.507 e. The Morgan fingerprint density at radius 1 is 0.821 bits per heavy atom. The average molecular weight is 523 g/mol. The van der Waals surface area contributed by atoms with Crippen molar-refractivity contribution in [1.29, 1.82) is 0 Å². The molecule has 1 aliphatic rings. The molecule has 0 saturated heterocycles. The minimum atomic E-state index is -0.427. The van der Waals surface area contributed by atoms with Crippen molar-refractivity contribution in [2.24, 2.45) is 0 Å². The Balaban J connectivity index is 1.41. The molecule has 0 aliphatic carbocycles. The van der Waals surface area contributed by atoms with Crippen molar-refractivity contribution in [1.82, 2.24) is 0 Å². The first kappa shape index (κ1) is 26.4. The summed E-state index contributed by atoms with van der Waals surface area (Å²) in [5.74, 6) is 1.85. The molecule has 0 spiro atoms. The van der Waals surface area contributed by atoms with Gasteiger partial charge < -0.3 is 24.4 Å². The van der Waals surface area contributed by atoms with Gasteiger partial charge in [-0.25, -0.2) is 0 Å². The molecule has 2 N–H and O–H groups in total. The summed E-state index contributed by atoms with van der Waals surface area (Å²) in [5, 5.41) is 21.5. The van der Waals surface area contributed by atoms with Gasteiger partial charge in [-0.1, -0.05) is 72.8 Å². The highest BCUT2D eigenvalue weighted by atomic mass is 16.5. The van der Waals surface area contributed by atoms with E-state index in [4.69, 9.17) is 14.2 Å². The van der Waals surface area contributed by atoms with Crippen LogP contribution in [0.4, 0.5) is 0 Å². The van der Waals surface area contributed by atoms with E-state index in [0.717, 1.165) is 22.3 Å². The van der Waals surface area contributed by atoms with Gasteiger partial charge in [-0.3, -0.25) is 0 Å². The van der Waals surface area contributed by atoms with E-state index in [-0.39, 0.29) is 18.3 Å². The zero-order valence-corrected chi connectivity index (χ0v) is 22.3. The van der Waals surface area contributed by atoms with Gasteiger partial charge in [0.2, 0.25) is 0 Å². The third-order valence-electron chi connectivity index (χ3n) is 6.88. The van der Waals surface area contributed by atoms with E-state index in [9.17, 15) is 10.2 Å². The van der Waals surface area contributed by atoms with Crippen LogP contribution in [-0.4, -0.2) is 22.4 Å². The number of ether oxygens (including phenoxy) is 3. The van der Waals surface area contributed by atoms with Crippen LogP contribution >= 0.6 is 0 Å². The summed E-state index contributed by atoms with van der Waals surface area (Å²) in [6, 6.07) is 29.5. The SMILES string of the molecule is CC1(C)C=Cc2c(ccc(CC(CO)c3ccc(OCc4ccccc4)cc3OCc3ccccc3)c2O)O1.